The third-order valence-corrected chi connectivity index (χ3v) is 4.13. The second kappa shape index (κ2) is 5.91. The SMILES string of the molecule is COC(=O)c1ccc(C=C(CN)B2OC(C)(C)C(C)(C)O2)o1. The lowest BCUT2D eigenvalue weighted by Crippen LogP contribution is -2.41. The van der Waals surface area contributed by atoms with Gasteiger partial charge in [-0.05, 0) is 51.4 Å². The van der Waals surface area contributed by atoms with Crippen molar-refractivity contribution in [1.82, 2.24) is 0 Å². The van der Waals surface area contributed by atoms with Crippen LogP contribution in [0.3, 0.4) is 0 Å². The average molecular weight is 307 g/mol. The van der Waals surface area contributed by atoms with Crippen molar-refractivity contribution in [3.63, 3.8) is 0 Å². The predicted octanol–water partition coefficient (Wildman–Crippen LogP) is 2.04. The van der Waals surface area contributed by atoms with Crippen LogP contribution in [0.4, 0.5) is 0 Å². The summed E-state index contributed by atoms with van der Waals surface area (Å²) in [6, 6.07) is 3.23. The van der Waals surface area contributed by atoms with E-state index in [9.17, 15) is 4.79 Å². The van der Waals surface area contributed by atoms with Crippen molar-refractivity contribution in [2.24, 2.45) is 5.73 Å². The van der Waals surface area contributed by atoms with Gasteiger partial charge in [-0.1, -0.05) is 0 Å². The third kappa shape index (κ3) is 3.11. The molecule has 2 N–H and O–H groups in total. The van der Waals surface area contributed by atoms with Crippen LogP contribution in [0.1, 0.15) is 44.0 Å². The average Bonchev–Trinajstić information content (AvgIpc) is 2.98. The number of carbonyl (C=O) groups is 1. The topological polar surface area (TPSA) is 83.9 Å². The minimum Gasteiger partial charge on any atom is -0.463 e. The molecule has 1 aliphatic heterocycles. The zero-order valence-electron chi connectivity index (χ0n) is 13.6. The normalized spacial score (nSPS) is 20.3. The van der Waals surface area contributed by atoms with Gasteiger partial charge in [-0.15, -0.1) is 0 Å². The largest absolute Gasteiger partial charge is 0.491 e. The van der Waals surface area contributed by atoms with Crippen LogP contribution in [0.5, 0.6) is 0 Å². The van der Waals surface area contributed by atoms with Gasteiger partial charge in [0.1, 0.15) is 5.76 Å². The first-order valence-corrected chi connectivity index (χ1v) is 7.14. The first kappa shape index (κ1) is 16.8. The fourth-order valence-electron chi connectivity index (χ4n) is 2.04. The molecule has 1 aromatic heterocycles. The summed E-state index contributed by atoms with van der Waals surface area (Å²) in [5.74, 6) is 0.110. The zero-order chi connectivity index (χ0) is 16.5. The highest BCUT2D eigenvalue weighted by molar-refractivity contribution is 6.55. The monoisotopic (exact) mass is 307 g/mol. The predicted molar refractivity (Wildman–Crippen MR) is 83.2 cm³/mol. The van der Waals surface area contributed by atoms with Gasteiger partial charge < -0.3 is 24.2 Å². The molecule has 2 rings (SSSR count). The maximum Gasteiger partial charge on any atom is 0.491 e. The second-order valence-corrected chi connectivity index (χ2v) is 6.21. The maximum absolute atomic E-state index is 11.4. The van der Waals surface area contributed by atoms with Gasteiger partial charge in [-0.3, -0.25) is 0 Å². The number of ether oxygens (including phenoxy) is 1. The molecule has 0 bridgehead atoms. The number of nitrogens with two attached hydrogens (primary N) is 1. The van der Waals surface area contributed by atoms with E-state index in [2.05, 4.69) is 4.74 Å². The summed E-state index contributed by atoms with van der Waals surface area (Å²) in [5, 5.41) is 0. The molecule has 0 radical (unpaired) electrons. The summed E-state index contributed by atoms with van der Waals surface area (Å²) < 4.78 is 21.9. The van der Waals surface area contributed by atoms with Gasteiger partial charge >= 0.3 is 13.1 Å². The van der Waals surface area contributed by atoms with Gasteiger partial charge in [0.05, 0.1) is 18.3 Å². The van der Waals surface area contributed by atoms with Crippen molar-refractivity contribution in [3.05, 3.63) is 29.1 Å². The van der Waals surface area contributed by atoms with Crippen molar-refractivity contribution in [3.8, 4) is 0 Å². The third-order valence-electron chi connectivity index (χ3n) is 4.13. The molecule has 1 aromatic rings. The summed E-state index contributed by atoms with van der Waals surface area (Å²) in [6.07, 6.45) is 1.73. The Hall–Kier alpha value is -1.57. The summed E-state index contributed by atoms with van der Waals surface area (Å²) in [4.78, 5) is 11.4. The van der Waals surface area contributed by atoms with Crippen LogP contribution in [0.15, 0.2) is 22.0 Å². The molecule has 0 saturated carbocycles. The molecule has 120 valence electrons. The Kier molecular flexibility index (Phi) is 4.51. The molecule has 1 saturated heterocycles. The fourth-order valence-corrected chi connectivity index (χ4v) is 2.04. The van der Waals surface area contributed by atoms with Gasteiger partial charge in [0.15, 0.2) is 0 Å². The molecule has 1 aliphatic rings. The van der Waals surface area contributed by atoms with Crippen LogP contribution in [0.2, 0.25) is 0 Å². The molecule has 0 unspecified atom stereocenters. The Morgan fingerprint density at radius 1 is 1.27 bits per heavy atom. The molecular formula is C15H22BNO5. The molecule has 0 amide bonds. The standard InChI is InChI=1S/C15H22BNO5/c1-14(2)15(3,4)22-16(21-14)10(9-17)8-11-6-7-12(20-11)13(18)19-5/h6-8H,9,17H2,1-5H3. The van der Waals surface area contributed by atoms with Crippen LogP contribution in [0, 0.1) is 0 Å². The molecule has 0 spiro atoms. The molecular weight excluding hydrogens is 285 g/mol. The van der Waals surface area contributed by atoms with E-state index in [1.54, 1.807) is 18.2 Å². The molecule has 6 nitrogen and oxygen atoms in total. The van der Waals surface area contributed by atoms with Crippen LogP contribution >= 0.6 is 0 Å². The lowest BCUT2D eigenvalue weighted by molar-refractivity contribution is 0.00578. The van der Waals surface area contributed by atoms with E-state index < -0.39 is 24.3 Å². The minimum absolute atomic E-state index is 0.138. The molecule has 2 heterocycles. The van der Waals surface area contributed by atoms with Crippen LogP contribution in [-0.4, -0.2) is 37.9 Å². The van der Waals surface area contributed by atoms with Crippen molar-refractivity contribution < 1.29 is 23.3 Å². The van der Waals surface area contributed by atoms with Gasteiger partial charge in [0.25, 0.3) is 0 Å². The number of esters is 1. The van der Waals surface area contributed by atoms with E-state index in [1.807, 2.05) is 27.7 Å². The van der Waals surface area contributed by atoms with Crippen LogP contribution in [0.25, 0.3) is 6.08 Å². The van der Waals surface area contributed by atoms with Crippen molar-refractivity contribution in [2.45, 2.75) is 38.9 Å². The van der Waals surface area contributed by atoms with Crippen molar-refractivity contribution >= 4 is 19.2 Å². The summed E-state index contributed by atoms with van der Waals surface area (Å²) in [7, 11) is 0.762. The Morgan fingerprint density at radius 2 is 1.86 bits per heavy atom. The Labute approximate surface area is 130 Å². The van der Waals surface area contributed by atoms with E-state index in [4.69, 9.17) is 19.5 Å². The number of methoxy groups -OCH3 is 1. The molecule has 0 aromatic carbocycles. The Bertz CT molecular complexity index is 575. The van der Waals surface area contributed by atoms with Crippen LogP contribution < -0.4 is 5.73 Å². The molecule has 0 aliphatic carbocycles. The summed E-state index contributed by atoms with van der Waals surface area (Å²) in [6.45, 7) is 8.16. The Morgan fingerprint density at radius 3 is 2.36 bits per heavy atom. The Balaban J connectivity index is 2.22. The van der Waals surface area contributed by atoms with Gasteiger partial charge in [0, 0.05) is 6.54 Å². The molecule has 0 atom stereocenters. The fraction of sp³-hybridized carbons (Fsp3) is 0.533. The number of furan rings is 1. The summed E-state index contributed by atoms with van der Waals surface area (Å²) in [5.41, 5.74) is 5.67. The molecule has 7 heteroatoms. The first-order valence-electron chi connectivity index (χ1n) is 7.14. The first-order chi connectivity index (χ1) is 10.2. The minimum atomic E-state index is -0.540. The van der Waals surface area contributed by atoms with E-state index >= 15 is 0 Å². The second-order valence-electron chi connectivity index (χ2n) is 6.21. The molecule has 1 fully saturated rings. The zero-order valence-corrected chi connectivity index (χ0v) is 13.6. The van der Waals surface area contributed by atoms with E-state index in [1.165, 1.54) is 7.11 Å². The van der Waals surface area contributed by atoms with E-state index in [-0.39, 0.29) is 12.3 Å². The quantitative estimate of drug-likeness (QED) is 0.677. The van der Waals surface area contributed by atoms with E-state index in [0.717, 1.165) is 5.47 Å². The number of hydrogen-bond acceptors (Lipinski definition) is 6. The lowest BCUT2D eigenvalue weighted by atomic mass is 9.77. The summed E-state index contributed by atoms with van der Waals surface area (Å²) >= 11 is 0. The maximum atomic E-state index is 11.4. The number of carbonyl (C=O) groups excluding carboxylic acids is 1. The highest BCUT2D eigenvalue weighted by Gasteiger charge is 2.52. The molecule has 22 heavy (non-hydrogen) atoms. The van der Waals surface area contributed by atoms with Gasteiger partial charge in [-0.2, -0.15) is 0 Å². The van der Waals surface area contributed by atoms with Crippen molar-refractivity contribution in [1.29, 1.82) is 0 Å². The highest BCUT2D eigenvalue weighted by atomic mass is 16.7. The van der Waals surface area contributed by atoms with Gasteiger partial charge in [0.2, 0.25) is 5.76 Å². The van der Waals surface area contributed by atoms with Crippen molar-refractivity contribution in [2.75, 3.05) is 13.7 Å². The number of rotatable bonds is 4. The smallest absolute Gasteiger partial charge is 0.463 e. The van der Waals surface area contributed by atoms with E-state index in [0.29, 0.717) is 5.76 Å². The van der Waals surface area contributed by atoms with Gasteiger partial charge in [-0.25, -0.2) is 4.79 Å². The number of hydrogen-bond donors (Lipinski definition) is 1. The highest BCUT2D eigenvalue weighted by Crippen LogP contribution is 2.38. The van der Waals surface area contributed by atoms with Crippen LogP contribution in [-0.2, 0) is 14.0 Å². The lowest BCUT2D eigenvalue weighted by Gasteiger charge is -2.32.